The zero-order valence-corrected chi connectivity index (χ0v) is 13.6. The van der Waals surface area contributed by atoms with Crippen molar-refractivity contribution in [3.8, 4) is 0 Å². The molecule has 1 aromatic carbocycles. The Morgan fingerprint density at radius 2 is 2.00 bits per heavy atom. The summed E-state index contributed by atoms with van der Waals surface area (Å²) in [6.45, 7) is 1.63. The fourth-order valence-electron chi connectivity index (χ4n) is 3.24. The van der Waals surface area contributed by atoms with Crippen molar-refractivity contribution in [2.24, 2.45) is 5.73 Å². The average molecular weight is 349 g/mol. The third-order valence-corrected chi connectivity index (χ3v) is 4.27. The summed E-state index contributed by atoms with van der Waals surface area (Å²) >= 11 is 0. The number of hydrogen-bond donors (Lipinski definition) is 1. The lowest BCUT2D eigenvalue weighted by molar-refractivity contribution is -0.139. The van der Waals surface area contributed by atoms with Crippen LogP contribution in [0.5, 0.6) is 0 Å². The van der Waals surface area contributed by atoms with E-state index in [0.29, 0.717) is 12.8 Å². The van der Waals surface area contributed by atoms with Gasteiger partial charge in [-0.3, -0.25) is 4.79 Å². The van der Waals surface area contributed by atoms with Gasteiger partial charge in [0.15, 0.2) is 5.78 Å². The standard InChI is InChI=1S/C18H17F2NO4/c1-2-24-18(23)16-15(13-9(19)5-3-6-10(13)20)14-11(22)7-4-8-12(14)25-17(16)21/h3,5-6,15H,2,4,7-8,21H2,1H3/t15-/m0/s1. The van der Waals surface area contributed by atoms with E-state index in [2.05, 4.69) is 0 Å². The van der Waals surface area contributed by atoms with Gasteiger partial charge < -0.3 is 15.2 Å². The van der Waals surface area contributed by atoms with Crippen molar-refractivity contribution < 1.29 is 27.8 Å². The van der Waals surface area contributed by atoms with Crippen LogP contribution in [-0.2, 0) is 19.1 Å². The van der Waals surface area contributed by atoms with Crippen LogP contribution >= 0.6 is 0 Å². The van der Waals surface area contributed by atoms with Crippen molar-refractivity contribution in [3.05, 3.63) is 58.2 Å². The van der Waals surface area contributed by atoms with Gasteiger partial charge in [-0.1, -0.05) is 6.07 Å². The van der Waals surface area contributed by atoms with Crippen molar-refractivity contribution in [2.75, 3.05) is 6.61 Å². The number of allylic oxidation sites excluding steroid dienone is 2. The second kappa shape index (κ2) is 6.66. The summed E-state index contributed by atoms with van der Waals surface area (Å²) in [5, 5.41) is 0. The molecular formula is C18H17F2NO4. The zero-order chi connectivity index (χ0) is 18.1. The van der Waals surface area contributed by atoms with Gasteiger partial charge in [-0.2, -0.15) is 0 Å². The number of nitrogens with two attached hydrogens (primary N) is 1. The van der Waals surface area contributed by atoms with Gasteiger partial charge in [0.25, 0.3) is 0 Å². The molecule has 1 heterocycles. The van der Waals surface area contributed by atoms with Gasteiger partial charge in [-0.05, 0) is 25.5 Å². The summed E-state index contributed by atoms with van der Waals surface area (Å²) in [5.41, 5.74) is 5.28. The number of carbonyl (C=O) groups excluding carboxylic acids is 2. The van der Waals surface area contributed by atoms with Gasteiger partial charge in [0.2, 0.25) is 5.88 Å². The van der Waals surface area contributed by atoms with E-state index in [1.54, 1.807) is 6.92 Å². The quantitative estimate of drug-likeness (QED) is 0.849. The van der Waals surface area contributed by atoms with Crippen molar-refractivity contribution in [2.45, 2.75) is 32.1 Å². The van der Waals surface area contributed by atoms with E-state index in [9.17, 15) is 18.4 Å². The number of carbonyl (C=O) groups is 2. The van der Waals surface area contributed by atoms with E-state index in [-0.39, 0.29) is 41.6 Å². The van der Waals surface area contributed by atoms with E-state index < -0.39 is 29.1 Å². The first-order valence-corrected chi connectivity index (χ1v) is 8.00. The Bertz CT molecular complexity index is 793. The zero-order valence-electron chi connectivity index (χ0n) is 13.6. The average Bonchev–Trinajstić information content (AvgIpc) is 2.54. The Labute approximate surface area is 143 Å². The Morgan fingerprint density at radius 3 is 2.64 bits per heavy atom. The van der Waals surface area contributed by atoms with Crippen LogP contribution in [0.3, 0.4) is 0 Å². The number of hydrogen-bond acceptors (Lipinski definition) is 5. The third kappa shape index (κ3) is 2.90. The lowest BCUT2D eigenvalue weighted by Gasteiger charge is -2.32. The minimum atomic E-state index is -1.28. The Morgan fingerprint density at radius 1 is 1.32 bits per heavy atom. The molecule has 5 nitrogen and oxygen atoms in total. The predicted molar refractivity (Wildman–Crippen MR) is 83.9 cm³/mol. The molecular weight excluding hydrogens is 332 g/mol. The highest BCUT2D eigenvalue weighted by molar-refractivity contribution is 6.03. The van der Waals surface area contributed by atoms with Gasteiger partial charge in [0.05, 0.1) is 12.5 Å². The monoisotopic (exact) mass is 349 g/mol. The molecule has 1 atom stereocenters. The van der Waals surface area contributed by atoms with Crippen LogP contribution in [0.4, 0.5) is 8.78 Å². The lowest BCUT2D eigenvalue weighted by Crippen LogP contribution is -2.32. The molecule has 1 aromatic rings. The molecule has 0 unspecified atom stereocenters. The van der Waals surface area contributed by atoms with E-state index in [4.69, 9.17) is 15.2 Å². The van der Waals surface area contributed by atoms with Crippen molar-refractivity contribution >= 4 is 11.8 Å². The first-order chi connectivity index (χ1) is 12.0. The molecule has 0 aromatic heterocycles. The topological polar surface area (TPSA) is 78.6 Å². The second-order valence-corrected chi connectivity index (χ2v) is 5.78. The summed E-state index contributed by atoms with van der Waals surface area (Å²) < 4.78 is 39.3. The maximum absolute atomic E-state index is 14.4. The smallest absolute Gasteiger partial charge is 0.340 e. The summed E-state index contributed by atoms with van der Waals surface area (Å²) in [5.74, 6) is -4.23. The Hall–Kier alpha value is -2.70. The molecule has 0 radical (unpaired) electrons. The number of Topliss-reactive ketones (excluding diaryl/α,β-unsaturated/α-hetero) is 1. The first kappa shape index (κ1) is 17.1. The number of rotatable bonds is 3. The van der Waals surface area contributed by atoms with Gasteiger partial charge in [0.1, 0.15) is 23.0 Å². The van der Waals surface area contributed by atoms with Crippen molar-refractivity contribution in [1.82, 2.24) is 0 Å². The number of benzene rings is 1. The molecule has 0 amide bonds. The molecule has 0 fully saturated rings. The van der Waals surface area contributed by atoms with Gasteiger partial charge in [-0.15, -0.1) is 0 Å². The van der Waals surface area contributed by atoms with Crippen LogP contribution in [-0.4, -0.2) is 18.4 Å². The van der Waals surface area contributed by atoms with Crippen molar-refractivity contribution in [3.63, 3.8) is 0 Å². The normalized spacial score (nSPS) is 20.3. The van der Waals surface area contributed by atoms with Crippen LogP contribution in [0.2, 0.25) is 0 Å². The highest BCUT2D eigenvalue weighted by atomic mass is 19.1. The molecule has 132 valence electrons. The van der Waals surface area contributed by atoms with Gasteiger partial charge in [-0.25, -0.2) is 13.6 Å². The molecule has 0 spiro atoms. The number of ether oxygens (including phenoxy) is 2. The molecule has 3 rings (SSSR count). The first-order valence-electron chi connectivity index (χ1n) is 8.00. The molecule has 25 heavy (non-hydrogen) atoms. The van der Waals surface area contributed by atoms with Crippen LogP contribution in [0.1, 0.15) is 37.7 Å². The highest BCUT2D eigenvalue weighted by Crippen LogP contribution is 2.45. The fourth-order valence-corrected chi connectivity index (χ4v) is 3.24. The minimum Gasteiger partial charge on any atom is -0.462 e. The predicted octanol–water partition coefficient (Wildman–Crippen LogP) is 2.82. The van der Waals surface area contributed by atoms with Crippen molar-refractivity contribution in [1.29, 1.82) is 0 Å². The summed E-state index contributed by atoms with van der Waals surface area (Å²) in [4.78, 5) is 24.8. The van der Waals surface area contributed by atoms with Crippen LogP contribution in [0.25, 0.3) is 0 Å². The number of halogens is 2. The van der Waals surface area contributed by atoms with E-state index in [0.717, 1.165) is 12.1 Å². The number of esters is 1. The SMILES string of the molecule is CCOC(=O)C1=C(N)OC2=C(C(=O)CCC2)[C@@H]1c1c(F)cccc1F. The lowest BCUT2D eigenvalue weighted by atomic mass is 9.77. The molecule has 2 N–H and O–H groups in total. The van der Waals surface area contributed by atoms with Gasteiger partial charge >= 0.3 is 5.97 Å². The molecule has 2 aliphatic rings. The van der Waals surface area contributed by atoms with E-state index in [1.165, 1.54) is 6.07 Å². The molecule has 0 bridgehead atoms. The molecule has 0 saturated heterocycles. The molecule has 0 saturated carbocycles. The Kier molecular flexibility index (Phi) is 4.57. The summed E-state index contributed by atoms with van der Waals surface area (Å²) in [6, 6.07) is 3.35. The summed E-state index contributed by atoms with van der Waals surface area (Å²) in [6.07, 6.45) is 1.17. The fraction of sp³-hybridized carbons (Fsp3) is 0.333. The number of ketones is 1. The van der Waals surface area contributed by atoms with Crippen LogP contribution in [0, 0.1) is 11.6 Å². The van der Waals surface area contributed by atoms with E-state index in [1.807, 2.05) is 0 Å². The summed E-state index contributed by atoms with van der Waals surface area (Å²) in [7, 11) is 0. The maximum atomic E-state index is 14.4. The van der Waals surface area contributed by atoms with Gasteiger partial charge in [0, 0.05) is 24.0 Å². The third-order valence-electron chi connectivity index (χ3n) is 4.27. The van der Waals surface area contributed by atoms with Crippen LogP contribution in [0.15, 0.2) is 41.0 Å². The van der Waals surface area contributed by atoms with E-state index >= 15 is 0 Å². The molecule has 7 heteroatoms. The minimum absolute atomic E-state index is 0.0436. The van der Waals surface area contributed by atoms with Crippen LogP contribution < -0.4 is 5.73 Å². The molecule has 1 aliphatic carbocycles. The highest BCUT2D eigenvalue weighted by Gasteiger charge is 2.43. The molecule has 1 aliphatic heterocycles. The maximum Gasteiger partial charge on any atom is 0.340 e. The largest absolute Gasteiger partial charge is 0.462 e. The Balaban J connectivity index is 2.25. The second-order valence-electron chi connectivity index (χ2n) is 5.78.